The zero-order valence-corrected chi connectivity index (χ0v) is 15.2. The summed E-state index contributed by atoms with van der Waals surface area (Å²) in [5.41, 5.74) is 6.87. The molecule has 0 bridgehead atoms. The standard InChI is InChI=1S/C21H24N4/c1-12(2)20-22-17-8-6-15(11-19(17)24-20)10-14(4)21-23-16-7-5-13(3)9-18(16)25-21/h5-9,11-12,14H,10H2,1-4H3,(H,22,24)(H,23,25). The van der Waals surface area contributed by atoms with Gasteiger partial charge in [-0.15, -0.1) is 0 Å². The van der Waals surface area contributed by atoms with E-state index in [4.69, 9.17) is 4.98 Å². The highest BCUT2D eigenvalue weighted by molar-refractivity contribution is 5.77. The first kappa shape index (κ1) is 15.9. The van der Waals surface area contributed by atoms with Crippen molar-refractivity contribution in [3.63, 3.8) is 0 Å². The average molecular weight is 332 g/mol. The molecule has 25 heavy (non-hydrogen) atoms. The summed E-state index contributed by atoms with van der Waals surface area (Å²) in [7, 11) is 0. The van der Waals surface area contributed by atoms with Crippen molar-refractivity contribution < 1.29 is 0 Å². The van der Waals surface area contributed by atoms with Crippen molar-refractivity contribution in [3.05, 3.63) is 59.2 Å². The first-order valence-corrected chi connectivity index (χ1v) is 8.94. The van der Waals surface area contributed by atoms with Gasteiger partial charge in [-0.25, -0.2) is 9.97 Å². The van der Waals surface area contributed by atoms with E-state index in [1.54, 1.807) is 0 Å². The minimum Gasteiger partial charge on any atom is -0.342 e. The van der Waals surface area contributed by atoms with E-state index < -0.39 is 0 Å². The summed E-state index contributed by atoms with van der Waals surface area (Å²) in [6.45, 7) is 8.64. The lowest BCUT2D eigenvalue weighted by Crippen LogP contribution is -2.00. The van der Waals surface area contributed by atoms with Gasteiger partial charge in [0.05, 0.1) is 22.1 Å². The quantitative estimate of drug-likeness (QED) is 0.538. The van der Waals surface area contributed by atoms with Crippen molar-refractivity contribution in [1.82, 2.24) is 19.9 Å². The molecule has 1 unspecified atom stereocenters. The molecule has 128 valence electrons. The van der Waals surface area contributed by atoms with Crippen LogP contribution in [0.25, 0.3) is 22.1 Å². The highest BCUT2D eigenvalue weighted by Crippen LogP contribution is 2.24. The first-order valence-electron chi connectivity index (χ1n) is 8.94. The van der Waals surface area contributed by atoms with Crippen LogP contribution in [-0.4, -0.2) is 19.9 Å². The fraction of sp³-hybridized carbons (Fsp3) is 0.333. The Balaban J connectivity index is 1.60. The molecule has 0 spiro atoms. The Hall–Kier alpha value is -2.62. The highest BCUT2D eigenvalue weighted by atomic mass is 14.9. The van der Waals surface area contributed by atoms with Crippen molar-refractivity contribution >= 4 is 22.1 Å². The second-order valence-corrected chi connectivity index (χ2v) is 7.38. The van der Waals surface area contributed by atoms with E-state index in [1.165, 1.54) is 11.1 Å². The molecule has 4 aromatic rings. The molecule has 0 amide bonds. The third-order valence-corrected chi connectivity index (χ3v) is 4.78. The summed E-state index contributed by atoms with van der Waals surface area (Å²) in [5, 5.41) is 0. The van der Waals surface area contributed by atoms with E-state index in [0.29, 0.717) is 11.8 Å². The van der Waals surface area contributed by atoms with Gasteiger partial charge in [-0.05, 0) is 48.7 Å². The van der Waals surface area contributed by atoms with E-state index in [1.807, 2.05) is 0 Å². The van der Waals surface area contributed by atoms with Gasteiger partial charge in [0.1, 0.15) is 11.6 Å². The third kappa shape index (κ3) is 3.04. The number of benzene rings is 2. The normalized spacial score (nSPS) is 13.2. The smallest absolute Gasteiger partial charge is 0.110 e. The predicted molar refractivity (Wildman–Crippen MR) is 103 cm³/mol. The van der Waals surface area contributed by atoms with E-state index in [2.05, 4.69) is 79.0 Å². The molecule has 0 aliphatic heterocycles. The van der Waals surface area contributed by atoms with Crippen LogP contribution in [0.15, 0.2) is 36.4 Å². The fourth-order valence-corrected chi connectivity index (χ4v) is 3.30. The number of aromatic nitrogens is 4. The molecule has 2 aromatic carbocycles. The van der Waals surface area contributed by atoms with Gasteiger partial charge in [-0.1, -0.05) is 32.9 Å². The third-order valence-electron chi connectivity index (χ3n) is 4.78. The summed E-state index contributed by atoms with van der Waals surface area (Å²) in [6.07, 6.45) is 0.949. The lowest BCUT2D eigenvalue weighted by atomic mass is 10.0. The Kier molecular flexibility index (Phi) is 3.83. The molecule has 4 rings (SSSR count). The monoisotopic (exact) mass is 332 g/mol. The Labute approximate surface area is 147 Å². The molecule has 2 heterocycles. The predicted octanol–water partition coefficient (Wildman–Crippen LogP) is 5.22. The van der Waals surface area contributed by atoms with E-state index in [9.17, 15) is 0 Å². The summed E-state index contributed by atoms with van der Waals surface area (Å²) in [5.74, 6) is 2.84. The van der Waals surface area contributed by atoms with E-state index in [0.717, 1.165) is 40.1 Å². The fourth-order valence-electron chi connectivity index (χ4n) is 3.30. The van der Waals surface area contributed by atoms with Crippen LogP contribution in [0.2, 0.25) is 0 Å². The molecule has 0 radical (unpaired) electrons. The van der Waals surface area contributed by atoms with E-state index >= 15 is 0 Å². The molecule has 0 saturated carbocycles. The van der Waals surface area contributed by atoms with Crippen LogP contribution in [0.4, 0.5) is 0 Å². The number of nitrogens with one attached hydrogen (secondary N) is 2. The van der Waals surface area contributed by atoms with Crippen LogP contribution >= 0.6 is 0 Å². The minimum atomic E-state index is 0.331. The number of hydrogen-bond acceptors (Lipinski definition) is 2. The Morgan fingerprint density at radius 1 is 0.840 bits per heavy atom. The summed E-state index contributed by atoms with van der Waals surface area (Å²) in [4.78, 5) is 16.3. The topological polar surface area (TPSA) is 57.4 Å². The molecule has 2 aromatic heterocycles. The molecule has 0 aliphatic carbocycles. The van der Waals surface area contributed by atoms with Gasteiger partial charge in [0.25, 0.3) is 0 Å². The van der Waals surface area contributed by atoms with Gasteiger partial charge in [0, 0.05) is 11.8 Å². The molecular weight excluding hydrogens is 308 g/mol. The van der Waals surface area contributed by atoms with Crippen molar-refractivity contribution in [2.24, 2.45) is 0 Å². The van der Waals surface area contributed by atoms with Crippen molar-refractivity contribution in [2.45, 2.75) is 46.0 Å². The van der Waals surface area contributed by atoms with Crippen LogP contribution in [0, 0.1) is 6.92 Å². The molecule has 4 nitrogen and oxygen atoms in total. The molecule has 0 aliphatic rings. The number of fused-ring (bicyclic) bond motifs is 2. The number of aromatic amines is 2. The van der Waals surface area contributed by atoms with Gasteiger partial charge >= 0.3 is 0 Å². The maximum Gasteiger partial charge on any atom is 0.110 e. The Morgan fingerprint density at radius 3 is 2.24 bits per heavy atom. The largest absolute Gasteiger partial charge is 0.342 e. The first-order chi connectivity index (χ1) is 12.0. The van der Waals surface area contributed by atoms with Crippen LogP contribution in [-0.2, 0) is 6.42 Å². The lowest BCUT2D eigenvalue weighted by molar-refractivity contribution is 0.714. The molecule has 0 saturated heterocycles. The Bertz CT molecular complexity index is 1040. The van der Waals surface area contributed by atoms with Gasteiger partial charge in [-0.3, -0.25) is 0 Å². The SMILES string of the molecule is Cc1ccc2nc(C(C)Cc3ccc4nc(C(C)C)[nH]c4c3)[nH]c2c1. The van der Waals surface area contributed by atoms with Gasteiger partial charge in [0.2, 0.25) is 0 Å². The molecule has 2 N–H and O–H groups in total. The van der Waals surface area contributed by atoms with Crippen LogP contribution in [0.5, 0.6) is 0 Å². The number of hydrogen-bond donors (Lipinski definition) is 2. The molecule has 4 heteroatoms. The van der Waals surface area contributed by atoms with Crippen LogP contribution < -0.4 is 0 Å². The average Bonchev–Trinajstić information content (AvgIpc) is 3.17. The number of H-pyrrole nitrogens is 2. The van der Waals surface area contributed by atoms with Crippen LogP contribution in [0.1, 0.15) is 55.4 Å². The zero-order chi connectivity index (χ0) is 17.6. The molecule has 1 atom stereocenters. The number of imidazole rings is 2. The van der Waals surface area contributed by atoms with Crippen molar-refractivity contribution in [2.75, 3.05) is 0 Å². The lowest BCUT2D eigenvalue weighted by Gasteiger charge is -2.08. The van der Waals surface area contributed by atoms with Crippen LogP contribution in [0.3, 0.4) is 0 Å². The number of rotatable bonds is 4. The molecular formula is C21H24N4. The number of nitrogens with zero attached hydrogens (tertiary/aromatic N) is 2. The van der Waals surface area contributed by atoms with E-state index in [-0.39, 0.29) is 0 Å². The molecule has 0 fully saturated rings. The maximum atomic E-state index is 4.76. The highest BCUT2D eigenvalue weighted by Gasteiger charge is 2.13. The minimum absolute atomic E-state index is 0.331. The zero-order valence-electron chi connectivity index (χ0n) is 15.2. The Morgan fingerprint density at radius 2 is 1.48 bits per heavy atom. The summed E-state index contributed by atoms with van der Waals surface area (Å²) < 4.78 is 0. The number of aryl methyl sites for hydroxylation is 1. The van der Waals surface area contributed by atoms with Gasteiger partial charge < -0.3 is 9.97 Å². The van der Waals surface area contributed by atoms with Crippen molar-refractivity contribution in [1.29, 1.82) is 0 Å². The summed E-state index contributed by atoms with van der Waals surface area (Å²) >= 11 is 0. The van der Waals surface area contributed by atoms with Gasteiger partial charge in [0.15, 0.2) is 0 Å². The second-order valence-electron chi connectivity index (χ2n) is 7.38. The maximum absolute atomic E-state index is 4.76. The van der Waals surface area contributed by atoms with Gasteiger partial charge in [-0.2, -0.15) is 0 Å². The van der Waals surface area contributed by atoms with Crippen molar-refractivity contribution in [3.8, 4) is 0 Å². The summed E-state index contributed by atoms with van der Waals surface area (Å²) in [6, 6.07) is 12.9. The second kappa shape index (κ2) is 6.03.